The minimum atomic E-state index is -0.827. The van der Waals surface area contributed by atoms with E-state index in [1.54, 1.807) is 23.1 Å². The fraction of sp³-hybridized carbons (Fsp3) is 0.125. The van der Waals surface area contributed by atoms with E-state index >= 15 is 0 Å². The van der Waals surface area contributed by atoms with Crippen LogP contribution in [0.2, 0.25) is 0 Å². The summed E-state index contributed by atoms with van der Waals surface area (Å²) in [5.74, 6) is -1.65. The summed E-state index contributed by atoms with van der Waals surface area (Å²) in [6, 6.07) is 6.22. The van der Waals surface area contributed by atoms with Crippen LogP contribution in [0.25, 0.3) is 0 Å². The molecule has 1 aromatic carbocycles. The Morgan fingerprint density at radius 3 is 2.67 bits per heavy atom. The maximum Gasteiger partial charge on any atom is 0.319 e. The van der Waals surface area contributed by atoms with Gasteiger partial charge in [0.1, 0.15) is 17.3 Å². The van der Waals surface area contributed by atoms with Crippen LogP contribution in [0.1, 0.15) is 11.6 Å². The van der Waals surface area contributed by atoms with Gasteiger partial charge in [-0.2, -0.15) is 16.4 Å². The maximum absolute atomic E-state index is 13.6. The highest BCUT2D eigenvalue weighted by Gasteiger charge is 2.17. The second kappa shape index (κ2) is 7.22. The standard InChI is InChI=1S/C16H14F2N4OS/c17-12-3-1-4-13(18)15(12)21-16(23)19-9-14(11-5-8-24-10-11)22-7-2-6-20-22/h1-8,10,14H,9H2,(H2,19,21,23)/t14-/m1/s1. The minimum Gasteiger partial charge on any atom is -0.335 e. The predicted octanol–water partition coefficient (Wildman–Crippen LogP) is 3.63. The molecule has 2 amide bonds. The van der Waals surface area contributed by atoms with Gasteiger partial charge in [0.2, 0.25) is 0 Å². The van der Waals surface area contributed by atoms with Crippen LogP contribution in [0.4, 0.5) is 19.3 Å². The van der Waals surface area contributed by atoms with Crippen LogP contribution >= 0.6 is 11.3 Å². The monoisotopic (exact) mass is 348 g/mol. The first-order valence-electron chi connectivity index (χ1n) is 7.15. The largest absolute Gasteiger partial charge is 0.335 e. The second-order valence-electron chi connectivity index (χ2n) is 4.99. The molecule has 2 N–H and O–H groups in total. The molecule has 3 rings (SSSR count). The third-order valence-electron chi connectivity index (χ3n) is 3.43. The van der Waals surface area contributed by atoms with Gasteiger partial charge in [0.15, 0.2) is 0 Å². The van der Waals surface area contributed by atoms with E-state index in [0.717, 1.165) is 17.7 Å². The van der Waals surface area contributed by atoms with Crippen molar-refractivity contribution in [3.05, 3.63) is 70.7 Å². The molecule has 2 heterocycles. The Bertz CT molecular complexity index is 751. The molecule has 2 aromatic heterocycles. The molecular formula is C16H14F2N4OS. The molecule has 0 aliphatic heterocycles. The van der Waals surface area contributed by atoms with Crippen molar-refractivity contribution in [2.24, 2.45) is 0 Å². The van der Waals surface area contributed by atoms with E-state index < -0.39 is 23.4 Å². The van der Waals surface area contributed by atoms with E-state index in [-0.39, 0.29) is 12.6 Å². The lowest BCUT2D eigenvalue weighted by Crippen LogP contribution is -2.35. The molecule has 5 nitrogen and oxygen atoms in total. The second-order valence-corrected chi connectivity index (χ2v) is 5.77. The third-order valence-corrected chi connectivity index (χ3v) is 4.13. The summed E-state index contributed by atoms with van der Waals surface area (Å²) in [6.45, 7) is 0.223. The number of nitrogens with one attached hydrogen (secondary N) is 2. The van der Waals surface area contributed by atoms with E-state index in [1.807, 2.05) is 16.8 Å². The van der Waals surface area contributed by atoms with Crippen molar-refractivity contribution in [2.45, 2.75) is 6.04 Å². The number of halogens is 2. The molecule has 0 fully saturated rings. The number of hydrogen-bond donors (Lipinski definition) is 2. The molecule has 0 bridgehead atoms. The first kappa shape index (κ1) is 16.1. The van der Waals surface area contributed by atoms with Crippen LogP contribution < -0.4 is 10.6 Å². The van der Waals surface area contributed by atoms with E-state index in [0.29, 0.717) is 0 Å². The summed E-state index contributed by atoms with van der Waals surface area (Å²) in [4.78, 5) is 12.0. The van der Waals surface area contributed by atoms with E-state index in [1.165, 1.54) is 17.4 Å². The van der Waals surface area contributed by atoms with Crippen LogP contribution in [-0.2, 0) is 0 Å². The first-order chi connectivity index (χ1) is 11.6. The number of hydrogen-bond acceptors (Lipinski definition) is 3. The van der Waals surface area contributed by atoms with Crippen molar-refractivity contribution in [1.29, 1.82) is 0 Å². The summed E-state index contributed by atoms with van der Waals surface area (Å²) in [5, 5.41) is 12.9. The van der Waals surface area contributed by atoms with Crippen molar-refractivity contribution in [2.75, 3.05) is 11.9 Å². The number of carbonyl (C=O) groups excluding carboxylic acids is 1. The van der Waals surface area contributed by atoms with Crippen LogP contribution in [0, 0.1) is 11.6 Å². The Balaban J connectivity index is 1.68. The number of amides is 2. The summed E-state index contributed by atoms with van der Waals surface area (Å²) >= 11 is 1.54. The van der Waals surface area contributed by atoms with E-state index in [4.69, 9.17) is 0 Å². The molecule has 8 heteroatoms. The number of anilines is 1. The predicted molar refractivity (Wildman–Crippen MR) is 88.1 cm³/mol. The highest BCUT2D eigenvalue weighted by Crippen LogP contribution is 2.20. The van der Waals surface area contributed by atoms with E-state index in [2.05, 4.69) is 15.7 Å². The SMILES string of the molecule is O=C(NC[C@H](c1ccsc1)n1cccn1)Nc1c(F)cccc1F. The van der Waals surface area contributed by atoms with Crippen molar-refractivity contribution >= 4 is 23.1 Å². The molecule has 0 saturated carbocycles. The van der Waals surface area contributed by atoms with Crippen molar-refractivity contribution in [1.82, 2.24) is 15.1 Å². The number of carbonyl (C=O) groups is 1. The zero-order chi connectivity index (χ0) is 16.9. The summed E-state index contributed by atoms with van der Waals surface area (Å²) in [5.41, 5.74) is 0.516. The zero-order valence-corrected chi connectivity index (χ0v) is 13.3. The van der Waals surface area contributed by atoms with Crippen LogP contribution in [0.3, 0.4) is 0 Å². The third kappa shape index (κ3) is 3.60. The van der Waals surface area contributed by atoms with Crippen LogP contribution in [-0.4, -0.2) is 22.4 Å². The number of urea groups is 1. The molecule has 0 unspecified atom stereocenters. The van der Waals surface area contributed by atoms with Crippen LogP contribution in [0.15, 0.2) is 53.5 Å². The summed E-state index contributed by atoms with van der Waals surface area (Å²) in [6.07, 6.45) is 3.44. The van der Waals surface area contributed by atoms with Gasteiger partial charge in [-0.3, -0.25) is 4.68 Å². The quantitative estimate of drug-likeness (QED) is 0.740. The number of benzene rings is 1. The molecule has 24 heavy (non-hydrogen) atoms. The topological polar surface area (TPSA) is 59.0 Å². The Hall–Kier alpha value is -2.74. The van der Waals surface area contributed by atoms with Crippen molar-refractivity contribution < 1.29 is 13.6 Å². The molecule has 124 valence electrons. The molecule has 0 aliphatic carbocycles. The number of aromatic nitrogens is 2. The number of para-hydroxylation sites is 1. The molecular weight excluding hydrogens is 334 g/mol. The molecule has 0 saturated heterocycles. The van der Waals surface area contributed by atoms with Gasteiger partial charge in [-0.05, 0) is 40.6 Å². The van der Waals surface area contributed by atoms with Gasteiger partial charge in [0.25, 0.3) is 0 Å². The van der Waals surface area contributed by atoms with Crippen LogP contribution in [0.5, 0.6) is 0 Å². The lowest BCUT2D eigenvalue weighted by Gasteiger charge is -2.18. The van der Waals surface area contributed by atoms with E-state index in [9.17, 15) is 13.6 Å². The smallest absolute Gasteiger partial charge is 0.319 e. The van der Waals surface area contributed by atoms with Gasteiger partial charge in [-0.25, -0.2) is 13.6 Å². The molecule has 3 aromatic rings. The zero-order valence-electron chi connectivity index (χ0n) is 12.4. The average Bonchev–Trinajstić information content (AvgIpc) is 3.25. The van der Waals surface area contributed by atoms with Gasteiger partial charge >= 0.3 is 6.03 Å². The van der Waals surface area contributed by atoms with Crippen molar-refractivity contribution in [3.63, 3.8) is 0 Å². The Morgan fingerprint density at radius 1 is 1.25 bits per heavy atom. The van der Waals surface area contributed by atoms with Gasteiger partial charge < -0.3 is 10.6 Å². The number of thiophene rings is 1. The lowest BCUT2D eigenvalue weighted by atomic mass is 10.1. The minimum absolute atomic E-state index is 0.206. The Labute approximate surface area is 140 Å². The fourth-order valence-corrected chi connectivity index (χ4v) is 2.97. The Morgan fingerprint density at radius 2 is 2.04 bits per heavy atom. The molecule has 0 aliphatic rings. The normalized spacial score (nSPS) is 11.9. The Kier molecular flexibility index (Phi) is 4.85. The summed E-state index contributed by atoms with van der Waals surface area (Å²) < 4.78 is 28.8. The first-order valence-corrected chi connectivity index (χ1v) is 8.09. The lowest BCUT2D eigenvalue weighted by molar-refractivity contribution is 0.250. The van der Waals surface area contributed by atoms with Gasteiger partial charge in [-0.15, -0.1) is 0 Å². The molecule has 0 radical (unpaired) electrons. The average molecular weight is 348 g/mol. The number of rotatable bonds is 5. The molecule has 1 atom stereocenters. The fourth-order valence-electron chi connectivity index (χ4n) is 2.26. The van der Waals surface area contributed by atoms with Crippen molar-refractivity contribution in [3.8, 4) is 0 Å². The highest BCUT2D eigenvalue weighted by atomic mass is 32.1. The van der Waals surface area contributed by atoms with Gasteiger partial charge in [0.05, 0.1) is 6.04 Å². The van der Waals surface area contributed by atoms with Gasteiger partial charge in [0, 0.05) is 18.9 Å². The number of nitrogens with zero attached hydrogens (tertiary/aromatic N) is 2. The van der Waals surface area contributed by atoms with Gasteiger partial charge in [-0.1, -0.05) is 6.07 Å². The maximum atomic E-state index is 13.6. The summed E-state index contributed by atoms with van der Waals surface area (Å²) in [7, 11) is 0. The molecule has 0 spiro atoms. The highest BCUT2D eigenvalue weighted by molar-refractivity contribution is 7.07.